The third-order valence-electron chi connectivity index (χ3n) is 3.25. The van der Waals surface area contributed by atoms with Gasteiger partial charge >= 0.3 is 0 Å². The summed E-state index contributed by atoms with van der Waals surface area (Å²) in [4.78, 5) is 2.39. The van der Waals surface area contributed by atoms with Crippen LogP contribution in [0.25, 0.3) is 0 Å². The first kappa shape index (κ1) is 13.2. The Morgan fingerprint density at radius 1 is 1.28 bits per heavy atom. The lowest BCUT2D eigenvalue weighted by Gasteiger charge is -2.19. The smallest absolute Gasteiger partial charge is 0.0700 e. The van der Waals surface area contributed by atoms with Crippen molar-refractivity contribution in [3.8, 4) is 0 Å². The summed E-state index contributed by atoms with van der Waals surface area (Å²) < 4.78 is 10.4. The Hall–Kier alpha value is -1.26. The van der Waals surface area contributed by atoms with Crippen LogP contribution >= 0.6 is 0 Å². The molecule has 4 heteroatoms. The number of hydrogen-bond acceptors (Lipinski definition) is 4. The van der Waals surface area contributed by atoms with E-state index in [1.807, 2.05) is 6.07 Å². The van der Waals surface area contributed by atoms with Gasteiger partial charge in [-0.3, -0.25) is 0 Å². The van der Waals surface area contributed by atoms with Gasteiger partial charge in [-0.1, -0.05) is 6.07 Å². The molecule has 0 radical (unpaired) electrons. The van der Waals surface area contributed by atoms with Crippen LogP contribution in [0.5, 0.6) is 0 Å². The van der Waals surface area contributed by atoms with Gasteiger partial charge < -0.3 is 20.1 Å². The molecule has 1 aromatic rings. The summed E-state index contributed by atoms with van der Waals surface area (Å²) in [5.74, 6) is 0. The molecule has 0 bridgehead atoms. The molecule has 0 fully saturated rings. The predicted octanol–water partition coefficient (Wildman–Crippen LogP) is 1.68. The molecule has 0 aliphatic carbocycles. The second-order valence-electron chi connectivity index (χ2n) is 4.58. The van der Waals surface area contributed by atoms with Crippen molar-refractivity contribution >= 4 is 11.4 Å². The second kappa shape index (κ2) is 6.61. The van der Waals surface area contributed by atoms with Crippen LogP contribution in [0, 0.1) is 0 Å². The molecule has 2 N–H and O–H groups in total. The molecule has 4 nitrogen and oxygen atoms in total. The largest absolute Gasteiger partial charge is 0.399 e. The van der Waals surface area contributed by atoms with Crippen molar-refractivity contribution in [2.75, 3.05) is 50.7 Å². The predicted molar refractivity (Wildman–Crippen MR) is 74.1 cm³/mol. The minimum absolute atomic E-state index is 0.670. The fourth-order valence-electron chi connectivity index (χ4n) is 2.30. The van der Waals surface area contributed by atoms with Crippen molar-refractivity contribution < 1.29 is 9.47 Å². The number of fused-ring (bicyclic) bond motifs is 1. The number of nitrogen functional groups attached to an aromatic ring is 1. The molecule has 1 aromatic carbocycles. The van der Waals surface area contributed by atoms with Crippen LogP contribution in [0.3, 0.4) is 0 Å². The molecule has 0 saturated heterocycles. The van der Waals surface area contributed by atoms with Gasteiger partial charge in [-0.25, -0.2) is 0 Å². The monoisotopic (exact) mass is 250 g/mol. The summed E-state index contributed by atoms with van der Waals surface area (Å²) in [7, 11) is 1.69. The zero-order valence-electron chi connectivity index (χ0n) is 11.0. The Labute approximate surface area is 109 Å². The van der Waals surface area contributed by atoms with Crippen LogP contribution in [0.1, 0.15) is 12.0 Å². The Morgan fingerprint density at radius 2 is 2.17 bits per heavy atom. The average molecular weight is 250 g/mol. The fourth-order valence-corrected chi connectivity index (χ4v) is 2.30. The highest BCUT2D eigenvalue weighted by Crippen LogP contribution is 2.29. The van der Waals surface area contributed by atoms with Crippen LogP contribution in [0.2, 0.25) is 0 Å². The summed E-state index contributed by atoms with van der Waals surface area (Å²) in [6.45, 7) is 4.26. The molecule has 0 amide bonds. The number of ether oxygens (including phenoxy) is 2. The summed E-state index contributed by atoms with van der Waals surface area (Å²) >= 11 is 0. The minimum atomic E-state index is 0.670. The molecular weight excluding hydrogens is 228 g/mol. The molecule has 0 saturated carbocycles. The number of anilines is 2. The Bertz CT molecular complexity index is 382. The van der Waals surface area contributed by atoms with Gasteiger partial charge in [-0.2, -0.15) is 0 Å². The van der Waals surface area contributed by atoms with E-state index in [2.05, 4.69) is 17.0 Å². The molecule has 0 unspecified atom stereocenters. The molecule has 1 heterocycles. The van der Waals surface area contributed by atoms with Crippen LogP contribution in [-0.2, 0) is 15.9 Å². The lowest BCUT2D eigenvalue weighted by molar-refractivity contribution is 0.0701. The van der Waals surface area contributed by atoms with E-state index >= 15 is 0 Å². The Balaban J connectivity index is 1.74. The van der Waals surface area contributed by atoms with Gasteiger partial charge in [0.2, 0.25) is 0 Å². The number of nitrogens with zero attached hydrogens (tertiary/aromatic N) is 1. The van der Waals surface area contributed by atoms with Crippen molar-refractivity contribution in [3.63, 3.8) is 0 Å². The lowest BCUT2D eigenvalue weighted by atomic mass is 10.1. The first-order valence-electron chi connectivity index (χ1n) is 6.51. The first-order chi connectivity index (χ1) is 8.81. The summed E-state index contributed by atoms with van der Waals surface area (Å²) in [6, 6.07) is 6.20. The zero-order chi connectivity index (χ0) is 12.8. The van der Waals surface area contributed by atoms with Gasteiger partial charge in [-0.05, 0) is 30.5 Å². The highest BCUT2D eigenvalue weighted by molar-refractivity contribution is 5.64. The van der Waals surface area contributed by atoms with E-state index in [1.165, 1.54) is 11.3 Å². The highest BCUT2D eigenvalue weighted by atomic mass is 16.5. The van der Waals surface area contributed by atoms with E-state index in [4.69, 9.17) is 15.2 Å². The number of benzene rings is 1. The Kier molecular flexibility index (Phi) is 4.84. The summed E-state index contributed by atoms with van der Waals surface area (Å²) in [6.07, 6.45) is 2.16. The number of nitrogens with two attached hydrogens (primary N) is 1. The number of hydrogen-bond donors (Lipinski definition) is 1. The van der Waals surface area contributed by atoms with Gasteiger partial charge in [0.1, 0.15) is 0 Å². The third-order valence-corrected chi connectivity index (χ3v) is 3.25. The summed E-state index contributed by atoms with van der Waals surface area (Å²) in [5.41, 5.74) is 9.39. The highest BCUT2D eigenvalue weighted by Gasteiger charge is 2.18. The van der Waals surface area contributed by atoms with E-state index in [0.29, 0.717) is 13.2 Å². The molecule has 2 rings (SSSR count). The van der Waals surface area contributed by atoms with E-state index in [0.717, 1.165) is 38.2 Å². The average Bonchev–Trinajstić information content (AvgIpc) is 2.76. The Morgan fingerprint density at radius 3 is 3.00 bits per heavy atom. The standard InChI is InChI=1S/C14H22N2O2/c1-17-9-10-18-8-2-6-16-7-5-12-3-4-13(15)11-14(12)16/h3-4,11H,2,5-10,15H2,1H3. The topological polar surface area (TPSA) is 47.7 Å². The molecule has 0 spiro atoms. The SMILES string of the molecule is COCCOCCCN1CCc2ccc(N)cc21. The maximum Gasteiger partial charge on any atom is 0.0700 e. The fraction of sp³-hybridized carbons (Fsp3) is 0.571. The maximum atomic E-state index is 5.84. The normalized spacial score (nSPS) is 13.9. The summed E-state index contributed by atoms with van der Waals surface area (Å²) in [5, 5.41) is 0. The maximum absolute atomic E-state index is 5.84. The second-order valence-corrected chi connectivity index (χ2v) is 4.58. The van der Waals surface area contributed by atoms with E-state index in [1.54, 1.807) is 7.11 Å². The first-order valence-corrected chi connectivity index (χ1v) is 6.51. The van der Waals surface area contributed by atoms with Crippen molar-refractivity contribution in [1.82, 2.24) is 0 Å². The molecular formula is C14H22N2O2. The van der Waals surface area contributed by atoms with E-state index in [9.17, 15) is 0 Å². The van der Waals surface area contributed by atoms with Crippen LogP contribution in [0.4, 0.5) is 11.4 Å². The van der Waals surface area contributed by atoms with Gasteiger partial charge in [0, 0.05) is 38.2 Å². The van der Waals surface area contributed by atoms with Crippen molar-refractivity contribution in [2.24, 2.45) is 0 Å². The third kappa shape index (κ3) is 3.37. The van der Waals surface area contributed by atoms with Gasteiger partial charge in [-0.15, -0.1) is 0 Å². The molecule has 0 aromatic heterocycles. The van der Waals surface area contributed by atoms with Crippen LogP contribution in [-0.4, -0.2) is 40.0 Å². The minimum Gasteiger partial charge on any atom is -0.399 e. The van der Waals surface area contributed by atoms with Gasteiger partial charge in [0.15, 0.2) is 0 Å². The lowest BCUT2D eigenvalue weighted by Crippen LogP contribution is -2.23. The van der Waals surface area contributed by atoms with Crippen LogP contribution in [0.15, 0.2) is 18.2 Å². The quantitative estimate of drug-likeness (QED) is 0.591. The molecule has 0 atom stereocenters. The number of methoxy groups -OCH3 is 1. The number of rotatable bonds is 7. The van der Waals surface area contributed by atoms with Gasteiger partial charge in [0.25, 0.3) is 0 Å². The molecule has 100 valence electrons. The van der Waals surface area contributed by atoms with Crippen molar-refractivity contribution in [2.45, 2.75) is 12.8 Å². The molecule has 18 heavy (non-hydrogen) atoms. The van der Waals surface area contributed by atoms with Crippen molar-refractivity contribution in [3.05, 3.63) is 23.8 Å². The van der Waals surface area contributed by atoms with Crippen LogP contribution < -0.4 is 10.6 Å². The van der Waals surface area contributed by atoms with Crippen molar-refractivity contribution in [1.29, 1.82) is 0 Å². The van der Waals surface area contributed by atoms with E-state index < -0.39 is 0 Å². The molecule has 1 aliphatic rings. The zero-order valence-corrected chi connectivity index (χ0v) is 11.0. The molecule has 1 aliphatic heterocycles. The van der Waals surface area contributed by atoms with Gasteiger partial charge in [0.05, 0.1) is 13.2 Å². The van der Waals surface area contributed by atoms with E-state index in [-0.39, 0.29) is 0 Å².